The molecule has 1 saturated heterocycles. The molecule has 3 aromatic carbocycles. The van der Waals surface area contributed by atoms with E-state index in [4.69, 9.17) is 16.3 Å². The quantitative estimate of drug-likeness (QED) is 0.382. The highest BCUT2D eigenvalue weighted by atomic mass is 35.5. The van der Waals surface area contributed by atoms with E-state index in [0.717, 1.165) is 5.56 Å². The maximum atomic E-state index is 13.1. The summed E-state index contributed by atoms with van der Waals surface area (Å²) in [6, 6.07) is 19.9. The van der Waals surface area contributed by atoms with E-state index in [2.05, 4.69) is 10.0 Å². The lowest BCUT2D eigenvalue weighted by molar-refractivity contribution is -0.122. The topological polar surface area (TPSA) is 122 Å². The molecule has 0 bridgehead atoms. The SMILES string of the molecule is O=C(NCc1ccc(S(=O)(=O)N2CCOCC2)cc1)[C@H](Cc1ccccc1)NS(=O)(=O)c1ccc(Cl)cc1. The number of morpholine rings is 1. The summed E-state index contributed by atoms with van der Waals surface area (Å²) in [5.41, 5.74) is 1.45. The number of benzene rings is 3. The Bertz CT molecular complexity index is 1440. The van der Waals surface area contributed by atoms with Crippen LogP contribution >= 0.6 is 11.6 Å². The van der Waals surface area contributed by atoms with Crippen LogP contribution in [0.15, 0.2) is 88.7 Å². The van der Waals surface area contributed by atoms with Crippen molar-refractivity contribution in [2.45, 2.75) is 28.8 Å². The molecule has 9 nitrogen and oxygen atoms in total. The van der Waals surface area contributed by atoms with Crippen molar-refractivity contribution in [1.29, 1.82) is 0 Å². The molecule has 0 aliphatic carbocycles. The van der Waals surface area contributed by atoms with Crippen molar-refractivity contribution in [3.63, 3.8) is 0 Å². The van der Waals surface area contributed by atoms with E-state index in [0.29, 0.717) is 36.9 Å². The second kappa shape index (κ2) is 12.4. The average Bonchev–Trinajstić information content (AvgIpc) is 2.93. The number of carbonyl (C=O) groups excluding carboxylic acids is 1. The van der Waals surface area contributed by atoms with E-state index in [-0.39, 0.29) is 22.8 Å². The van der Waals surface area contributed by atoms with Crippen molar-refractivity contribution >= 4 is 37.6 Å². The van der Waals surface area contributed by atoms with Crippen molar-refractivity contribution in [2.24, 2.45) is 0 Å². The van der Waals surface area contributed by atoms with Gasteiger partial charge in [0.25, 0.3) is 0 Å². The number of rotatable bonds is 10. The van der Waals surface area contributed by atoms with E-state index in [1.807, 2.05) is 30.3 Å². The van der Waals surface area contributed by atoms with Crippen LogP contribution in [0.1, 0.15) is 11.1 Å². The number of nitrogens with zero attached hydrogens (tertiary/aromatic N) is 1. The molecular formula is C26H28ClN3O6S2. The Kier molecular flexibility index (Phi) is 9.19. The van der Waals surface area contributed by atoms with Gasteiger partial charge in [-0.25, -0.2) is 16.8 Å². The molecule has 0 unspecified atom stereocenters. The van der Waals surface area contributed by atoms with Crippen LogP contribution in [0.4, 0.5) is 0 Å². The molecule has 0 spiro atoms. The molecule has 38 heavy (non-hydrogen) atoms. The highest BCUT2D eigenvalue weighted by molar-refractivity contribution is 7.89. The van der Waals surface area contributed by atoms with Gasteiger partial charge < -0.3 is 10.1 Å². The third-order valence-corrected chi connectivity index (χ3v) is 9.67. The number of ether oxygens (including phenoxy) is 1. The van der Waals surface area contributed by atoms with E-state index in [1.54, 1.807) is 12.1 Å². The van der Waals surface area contributed by atoms with Crippen LogP contribution in [0.2, 0.25) is 5.02 Å². The van der Waals surface area contributed by atoms with Gasteiger partial charge in [0.05, 0.1) is 23.0 Å². The van der Waals surface area contributed by atoms with Crippen LogP contribution in [0, 0.1) is 0 Å². The van der Waals surface area contributed by atoms with Gasteiger partial charge in [-0.3, -0.25) is 4.79 Å². The molecule has 1 amide bonds. The van der Waals surface area contributed by atoms with Crippen LogP contribution in [-0.2, 0) is 42.5 Å². The van der Waals surface area contributed by atoms with Gasteiger partial charge in [-0.05, 0) is 53.9 Å². The highest BCUT2D eigenvalue weighted by Crippen LogP contribution is 2.18. The number of carbonyl (C=O) groups is 1. The summed E-state index contributed by atoms with van der Waals surface area (Å²) in [4.78, 5) is 13.3. The third-order valence-electron chi connectivity index (χ3n) is 6.02. The fraction of sp³-hybridized carbons (Fsp3) is 0.269. The molecule has 1 aliphatic heterocycles. The lowest BCUT2D eigenvalue weighted by atomic mass is 10.1. The smallest absolute Gasteiger partial charge is 0.243 e. The largest absolute Gasteiger partial charge is 0.379 e. The van der Waals surface area contributed by atoms with E-state index in [1.165, 1.54) is 40.7 Å². The minimum atomic E-state index is -4.01. The summed E-state index contributed by atoms with van der Waals surface area (Å²) in [5, 5.41) is 3.16. The average molecular weight is 578 g/mol. The molecule has 0 radical (unpaired) electrons. The minimum absolute atomic E-state index is 0.00942. The standard InChI is InChI=1S/C26H28ClN3O6S2/c27-22-8-12-23(13-9-22)37(32,33)29-25(18-20-4-2-1-3-5-20)26(31)28-19-21-6-10-24(11-7-21)38(34,35)30-14-16-36-17-15-30/h1-13,25,29H,14-19H2,(H,28,31)/t25-/m0/s1. The number of sulfonamides is 2. The Morgan fingerprint density at radius 1 is 0.842 bits per heavy atom. The Balaban J connectivity index is 1.45. The van der Waals surface area contributed by atoms with Gasteiger partial charge in [0.15, 0.2) is 0 Å². The van der Waals surface area contributed by atoms with Gasteiger partial charge >= 0.3 is 0 Å². The molecule has 1 heterocycles. The van der Waals surface area contributed by atoms with E-state index in [9.17, 15) is 21.6 Å². The molecule has 0 saturated carbocycles. The van der Waals surface area contributed by atoms with Crippen LogP contribution in [0.5, 0.6) is 0 Å². The zero-order chi connectivity index (χ0) is 27.2. The zero-order valence-electron chi connectivity index (χ0n) is 20.4. The highest BCUT2D eigenvalue weighted by Gasteiger charge is 2.27. The van der Waals surface area contributed by atoms with Gasteiger partial charge in [0.1, 0.15) is 6.04 Å². The predicted octanol–water partition coefficient (Wildman–Crippen LogP) is 2.57. The number of nitrogens with one attached hydrogen (secondary N) is 2. The number of halogens is 1. The summed E-state index contributed by atoms with van der Waals surface area (Å²) in [6.45, 7) is 1.40. The molecule has 202 valence electrons. The Morgan fingerprint density at radius 2 is 1.45 bits per heavy atom. The summed E-state index contributed by atoms with van der Waals surface area (Å²) in [7, 11) is -7.63. The molecule has 1 aliphatic rings. The van der Waals surface area contributed by atoms with Crippen LogP contribution in [0.25, 0.3) is 0 Å². The molecule has 3 aromatic rings. The Morgan fingerprint density at radius 3 is 2.08 bits per heavy atom. The molecule has 0 aromatic heterocycles. The van der Waals surface area contributed by atoms with E-state index >= 15 is 0 Å². The zero-order valence-corrected chi connectivity index (χ0v) is 22.8. The monoisotopic (exact) mass is 577 g/mol. The summed E-state index contributed by atoms with van der Waals surface area (Å²) >= 11 is 5.88. The maximum Gasteiger partial charge on any atom is 0.243 e. The van der Waals surface area contributed by atoms with Gasteiger partial charge in [0.2, 0.25) is 26.0 Å². The molecule has 4 rings (SSSR count). The predicted molar refractivity (Wildman–Crippen MR) is 144 cm³/mol. The molecule has 1 fully saturated rings. The number of hydrogen-bond acceptors (Lipinski definition) is 6. The first-order chi connectivity index (χ1) is 18.1. The normalized spacial score (nSPS) is 15.6. The summed E-state index contributed by atoms with van der Waals surface area (Å²) in [6.07, 6.45) is 0.135. The first-order valence-corrected chi connectivity index (χ1v) is 15.2. The molecule has 12 heteroatoms. The molecular weight excluding hydrogens is 550 g/mol. The molecule has 2 N–H and O–H groups in total. The summed E-state index contributed by atoms with van der Waals surface area (Å²) < 4.78 is 60.7. The fourth-order valence-corrected chi connectivity index (χ4v) is 6.66. The van der Waals surface area contributed by atoms with Crippen molar-refractivity contribution in [3.05, 3.63) is 95.0 Å². The Hall–Kier alpha value is -2.80. The number of hydrogen-bond donors (Lipinski definition) is 2. The first-order valence-electron chi connectivity index (χ1n) is 11.9. The third kappa shape index (κ3) is 7.19. The fourth-order valence-electron chi connectivity index (χ4n) is 3.93. The number of amides is 1. The lowest BCUT2D eigenvalue weighted by Crippen LogP contribution is -2.47. The summed E-state index contributed by atoms with van der Waals surface area (Å²) in [5.74, 6) is -0.517. The van der Waals surface area contributed by atoms with Crippen LogP contribution < -0.4 is 10.0 Å². The van der Waals surface area contributed by atoms with Gasteiger partial charge in [-0.15, -0.1) is 0 Å². The first kappa shape index (κ1) is 28.2. The van der Waals surface area contributed by atoms with Crippen molar-refractivity contribution in [1.82, 2.24) is 14.3 Å². The Labute approximate surface area is 227 Å². The molecule has 1 atom stereocenters. The second-order valence-electron chi connectivity index (χ2n) is 8.70. The minimum Gasteiger partial charge on any atom is -0.379 e. The van der Waals surface area contributed by atoms with Gasteiger partial charge in [0, 0.05) is 24.7 Å². The lowest BCUT2D eigenvalue weighted by Gasteiger charge is -2.26. The van der Waals surface area contributed by atoms with Crippen LogP contribution in [-0.4, -0.2) is 59.4 Å². The van der Waals surface area contributed by atoms with Crippen LogP contribution in [0.3, 0.4) is 0 Å². The van der Waals surface area contributed by atoms with Crippen molar-refractivity contribution < 1.29 is 26.4 Å². The second-order valence-corrected chi connectivity index (χ2v) is 12.8. The van der Waals surface area contributed by atoms with Gasteiger partial charge in [-0.1, -0.05) is 54.1 Å². The van der Waals surface area contributed by atoms with Gasteiger partial charge in [-0.2, -0.15) is 9.03 Å². The van der Waals surface area contributed by atoms with Crippen molar-refractivity contribution in [3.8, 4) is 0 Å². The maximum absolute atomic E-state index is 13.1. The van der Waals surface area contributed by atoms with Crippen molar-refractivity contribution in [2.75, 3.05) is 26.3 Å². The van der Waals surface area contributed by atoms with E-state index < -0.39 is 32.0 Å².